The summed E-state index contributed by atoms with van der Waals surface area (Å²) < 4.78 is 2.43. The lowest BCUT2D eigenvalue weighted by Gasteiger charge is -2.38. The van der Waals surface area contributed by atoms with Gasteiger partial charge in [-0.1, -0.05) is 114 Å². The first-order valence-electron chi connectivity index (χ1n) is 12.3. The van der Waals surface area contributed by atoms with E-state index >= 15 is 0 Å². The van der Waals surface area contributed by atoms with Crippen molar-refractivity contribution in [1.82, 2.24) is 9.55 Å². The van der Waals surface area contributed by atoms with Gasteiger partial charge in [-0.15, -0.1) is 0 Å². The van der Waals surface area contributed by atoms with Crippen molar-refractivity contribution in [3.05, 3.63) is 90.0 Å². The van der Waals surface area contributed by atoms with Crippen LogP contribution in [0, 0.1) is 0 Å². The Morgan fingerprint density at radius 1 is 0.839 bits per heavy atom. The summed E-state index contributed by atoms with van der Waals surface area (Å²) in [5.74, 6) is 1.61. The fraction of sp³-hybridized carbons (Fsp3) is 0.483. The summed E-state index contributed by atoms with van der Waals surface area (Å²) >= 11 is 0. The summed E-state index contributed by atoms with van der Waals surface area (Å²) in [6.45, 7) is 8.11. The Labute approximate surface area is 189 Å². The molecule has 1 aromatic heterocycles. The van der Waals surface area contributed by atoms with Gasteiger partial charge in [-0.05, 0) is 30.4 Å². The monoisotopic (exact) mass is 416 g/mol. The maximum absolute atomic E-state index is 4.91. The van der Waals surface area contributed by atoms with Gasteiger partial charge in [0.2, 0.25) is 0 Å². The molecule has 0 amide bonds. The van der Waals surface area contributed by atoms with Gasteiger partial charge in [0.05, 0.1) is 0 Å². The number of imidazole rings is 1. The number of aromatic nitrogens is 2. The number of unbranched alkanes of at least 4 members (excludes halogenated alkanes) is 5. The number of benzene rings is 2. The first kappa shape index (κ1) is 23.3. The molecule has 0 saturated heterocycles. The van der Waals surface area contributed by atoms with Crippen LogP contribution < -0.4 is 0 Å². The Hall–Kier alpha value is -2.35. The summed E-state index contributed by atoms with van der Waals surface area (Å²) in [5.41, 5.74) is 2.78. The molecular weight excluding hydrogens is 376 g/mol. The minimum Gasteiger partial charge on any atom is -0.335 e. The predicted octanol–water partition coefficient (Wildman–Crippen LogP) is 7.94. The van der Waals surface area contributed by atoms with Gasteiger partial charge in [0.15, 0.2) is 0 Å². The van der Waals surface area contributed by atoms with E-state index in [9.17, 15) is 0 Å². The van der Waals surface area contributed by atoms with Crippen LogP contribution in [0.15, 0.2) is 73.1 Å². The van der Waals surface area contributed by atoms with Gasteiger partial charge < -0.3 is 4.57 Å². The van der Waals surface area contributed by atoms with Gasteiger partial charge in [-0.2, -0.15) is 0 Å². The van der Waals surface area contributed by atoms with E-state index in [4.69, 9.17) is 4.98 Å². The molecular formula is C29H40N2. The summed E-state index contributed by atoms with van der Waals surface area (Å²) in [6.07, 6.45) is 14.2. The van der Waals surface area contributed by atoms with Crippen molar-refractivity contribution in [2.45, 2.75) is 90.0 Å². The second kappa shape index (κ2) is 11.9. The summed E-state index contributed by atoms with van der Waals surface area (Å²) in [4.78, 5) is 4.91. The third kappa shape index (κ3) is 6.09. The molecule has 0 aliphatic heterocycles. The highest BCUT2D eigenvalue weighted by Gasteiger charge is 2.38. The normalized spacial score (nSPS) is 14.3. The highest BCUT2D eigenvalue weighted by Crippen LogP contribution is 2.43. The van der Waals surface area contributed by atoms with Crippen molar-refractivity contribution in [2.24, 2.45) is 0 Å². The Morgan fingerprint density at radius 2 is 1.48 bits per heavy atom. The van der Waals surface area contributed by atoms with E-state index in [-0.39, 0.29) is 5.41 Å². The zero-order valence-corrected chi connectivity index (χ0v) is 19.8. The number of hydrogen-bond acceptors (Lipinski definition) is 1. The summed E-state index contributed by atoms with van der Waals surface area (Å²) in [5, 5.41) is 0. The fourth-order valence-electron chi connectivity index (χ4n) is 5.07. The molecule has 1 heterocycles. The first-order valence-corrected chi connectivity index (χ1v) is 12.3. The molecule has 2 nitrogen and oxygen atoms in total. The lowest BCUT2D eigenvalue weighted by molar-refractivity contribution is 0.338. The van der Waals surface area contributed by atoms with E-state index in [0.717, 1.165) is 19.4 Å². The molecule has 3 rings (SSSR count). The van der Waals surface area contributed by atoms with Gasteiger partial charge in [0, 0.05) is 30.3 Å². The fourth-order valence-corrected chi connectivity index (χ4v) is 5.07. The SMILES string of the molecule is CCCCCCCCn1ccnc1C(CC)C(C)(Cc1ccccc1)c1ccccc1. The van der Waals surface area contributed by atoms with Gasteiger partial charge in [0.1, 0.15) is 5.82 Å². The summed E-state index contributed by atoms with van der Waals surface area (Å²) in [6, 6.07) is 22.0. The van der Waals surface area contributed by atoms with Crippen molar-refractivity contribution in [3.63, 3.8) is 0 Å². The lowest BCUT2D eigenvalue weighted by Crippen LogP contribution is -2.34. The highest BCUT2D eigenvalue weighted by atomic mass is 15.1. The molecule has 2 heteroatoms. The van der Waals surface area contributed by atoms with Crippen LogP contribution in [0.5, 0.6) is 0 Å². The average Bonchev–Trinajstić information content (AvgIpc) is 3.26. The topological polar surface area (TPSA) is 17.8 Å². The van der Waals surface area contributed by atoms with Gasteiger partial charge in [-0.3, -0.25) is 0 Å². The maximum Gasteiger partial charge on any atom is 0.112 e. The van der Waals surface area contributed by atoms with E-state index < -0.39 is 0 Å². The van der Waals surface area contributed by atoms with Crippen molar-refractivity contribution >= 4 is 0 Å². The van der Waals surface area contributed by atoms with Crippen LogP contribution in [-0.4, -0.2) is 9.55 Å². The molecule has 31 heavy (non-hydrogen) atoms. The molecule has 0 saturated carbocycles. The third-order valence-electron chi connectivity index (χ3n) is 6.84. The number of aryl methyl sites for hydroxylation is 1. The van der Waals surface area contributed by atoms with Crippen molar-refractivity contribution < 1.29 is 0 Å². The van der Waals surface area contributed by atoms with Crippen LogP contribution >= 0.6 is 0 Å². The van der Waals surface area contributed by atoms with E-state index in [1.54, 1.807) is 0 Å². The molecule has 2 unspecified atom stereocenters. The van der Waals surface area contributed by atoms with E-state index in [1.165, 1.54) is 55.5 Å². The van der Waals surface area contributed by atoms with Crippen LogP contribution in [-0.2, 0) is 18.4 Å². The quantitative estimate of drug-likeness (QED) is 0.259. The Morgan fingerprint density at radius 3 is 2.16 bits per heavy atom. The first-order chi connectivity index (χ1) is 15.2. The van der Waals surface area contributed by atoms with Crippen LogP contribution in [0.2, 0.25) is 0 Å². The van der Waals surface area contributed by atoms with Crippen LogP contribution in [0.3, 0.4) is 0 Å². The number of hydrogen-bond donors (Lipinski definition) is 0. The number of rotatable bonds is 13. The van der Waals surface area contributed by atoms with Gasteiger partial charge >= 0.3 is 0 Å². The smallest absolute Gasteiger partial charge is 0.112 e. The molecule has 2 atom stereocenters. The molecule has 0 spiro atoms. The predicted molar refractivity (Wildman–Crippen MR) is 133 cm³/mol. The van der Waals surface area contributed by atoms with Crippen molar-refractivity contribution in [1.29, 1.82) is 0 Å². The van der Waals surface area contributed by atoms with Crippen LogP contribution in [0.25, 0.3) is 0 Å². The van der Waals surface area contributed by atoms with Crippen molar-refractivity contribution in [2.75, 3.05) is 0 Å². The molecule has 3 aromatic rings. The van der Waals surface area contributed by atoms with E-state index in [0.29, 0.717) is 5.92 Å². The van der Waals surface area contributed by atoms with Gasteiger partial charge in [0.25, 0.3) is 0 Å². The largest absolute Gasteiger partial charge is 0.335 e. The molecule has 0 N–H and O–H groups in total. The number of nitrogens with zero attached hydrogens (tertiary/aromatic N) is 2. The van der Waals surface area contributed by atoms with E-state index in [1.807, 2.05) is 6.20 Å². The third-order valence-corrected chi connectivity index (χ3v) is 6.84. The molecule has 0 fully saturated rings. The molecule has 166 valence electrons. The minimum atomic E-state index is -0.0123. The Kier molecular flexibility index (Phi) is 8.94. The minimum absolute atomic E-state index is 0.0123. The second-order valence-electron chi connectivity index (χ2n) is 9.15. The molecule has 2 aromatic carbocycles. The average molecular weight is 417 g/mol. The summed E-state index contributed by atoms with van der Waals surface area (Å²) in [7, 11) is 0. The maximum atomic E-state index is 4.91. The molecule has 0 radical (unpaired) electrons. The molecule has 0 aliphatic carbocycles. The highest BCUT2D eigenvalue weighted by molar-refractivity contribution is 5.33. The zero-order valence-electron chi connectivity index (χ0n) is 19.8. The Bertz CT molecular complexity index is 868. The molecule has 0 aliphatic rings. The van der Waals surface area contributed by atoms with Crippen molar-refractivity contribution in [3.8, 4) is 0 Å². The molecule has 0 bridgehead atoms. The van der Waals surface area contributed by atoms with Gasteiger partial charge in [-0.25, -0.2) is 4.98 Å². The second-order valence-corrected chi connectivity index (χ2v) is 9.15. The standard InChI is InChI=1S/C29H40N2/c1-4-6-7-8-9-16-22-31-23-21-30-28(31)27(5-2)29(3,26-19-14-11-15-20-26)24-25-17-12-10-13-18-25/h10-15,17-21,23,27H,4-9,16,22,24H2,1-3H3. The lowest BCUT2D eigenvalue weighted by atomic mass is 9.66. The van der Waals surface area contributed by atoms with Crippen LogP contribution in [0.4, 0.5) is 0 Å². The van der Waals surface area contributed by atoms with E-state index in [2.05, 4.69) is 92.2 Å². The Balaban J connectivity index is 1.84. The zero-order chi connectivity index (χ0) is 21.9. The van der Waals surface area contributed by atoms with Crippen LogP contribution in [0.1, 0.15) is 88.6 Å².